The van der Waals surface area contributed by atoms with Crippen LogP contribution < -0.4 is 0 Å². The lowest BCUT2D eigenvalue weighted by Gasteiger charge is -2.32. The van der Waals surface area contributed by atoms with Gasteiger partial charge in [0, 0.05) is 4.47 Å². The summed E-state index contributed by atoms with van der Waals surface area (Å²) < 4.78 is 24.3. The summed E-state index contributed by atoms with van der Waals surface area (Å²) >= 11 is 3.20. The van der Waals surface area contributed by atoms with Crippen LogP contribution in [0.3, 0.4) is 0 Å². The third-order valence-electron chi connectivity index (χ3n) is 3.69. The van der Waals surface area contributed by atoms with E-state index >= 15 is 0 Å². The second-order valence-electron chi connectivity index (χ2n) is 4.79. The molecule has 2 rings (SSSR count). The molecule has 1 N–H and O–H groups in total. The normalized spacial score (nSPS) is 19.0. The van der Waals surface area contributed by atoms with E-state index in [1.165, 1.54) is 6.07 Å². The van der Waals surface area contributed by atoms with Crippen LogP contribution in [0, 0.1) is 0 Å². The zero-order chi connectivity index (χ0) is 14.1. The van der Waals surface area contributed by atoms with Crippen LogP contribution in [0.25, 0.3) is 0 Å². The molecule has 0 unspecified atom stereocenters. The van der Waals surface area contributed by atoms with Crippen molar-refractivity contribution in [1.29, 1.82) is 0 Å². The van der Waals surface area contributed by atoms with Crippen molar-refractivity contribution in [3.05, 3.63) is 28.7 Å². The summed E-state index contributed by atoms with van der Waals surface area (Å²) in [6.45, 7) is 0. The fourth-order valence-electron chi connectivity index (χ4n) is 2.59. The number of carboxylic acid groups (broad SMARTS) is 1. The first kappa shape index (κ1) is 14.5. The number of carboxylic acids is 1. The van der Waals surface area contributed by atoms with Crippen molar-refractivity contribution in [1.82, 2.24) is 0 Å². The summed E-state index contributed by atoms with van der Waals surface area (Å²) in [5, 5.41) is 9.48. The molecule has 0 spiro atoms. The maximum absolute atomic E-state index is 12.8. The lowest BCUT2D eigenvalue weighted by molar-refractivity contribution is -0.141. The SMILES string of the molecule is O=C(O)C1(S(=O)(=O)c2ccccc2Br)CCCCC1. The smallest absolute Gasteiger partial charge is 0.325 e. The Morgan fingerprint density at radius 2 is 1.74 bits per heavy atom. The summed E-state index contributed by atoms with van der Waals surface area (Å²) in [5.41, 5.74) is 0. The number of aliphatic carboxylic acids is 1. The van der Waals surface area contributed by atoms with Crippen LogP contribution in [0.5, 0.6) is 0 Å². The molecule has 1 aromatic carbocycles. The molecule has 0 bridgehead atoms. The monoisotopic (exact) mass is 346 g/mol. The van der Waals surface area contributed by atoms with Gasteiger partial charge in [-0.2, -0.15) is 0 Å². The van der Waals surface area contributed by atoms with Gasteiger partial charge in [0.25, 0.3) is 0 Å². The van der Waals surface area contributed by atoms with Crippen LogP contribution in [0.15, 0.2) is 33.6 Å². The minimum atomic E-state index is -3.90. The van der Waals surface area contributed by atoms with E-state index in [0.717, 1.165) is 6.42 Å². The Morgan fingerprint density at radius 1 is 1.16 bits per heavy atom. The van der Waals surface area contributed by atoms with Crippen molar-refractivity contribution in [2.45, 2.75) is 41.7 Å². The predicted molar refractivity (Wildman–Crippen MR) is 74.8 cm³/mol. The Balaban J connectivity index is 2.59. The number of rotatable bonds is 3. The maximum Gasteiger partial charge on any atom is 0.325 e. The summed E-state index contributed by atoms with van der Waals surface area (Å²) in [4.78, 5) is 11.7. The Hall–Kier alpha value is -0.880. The van der Waals surface area contributed by atoms with Gasteiger partial charge < -0.3 is 5.11 Å². The topological polar surface area (TPSA) is 71.4 Å². The van der Waals surface area contributed by atoms with Gasteiger partial charge in [-0.1, -0.05) is 31.4 Å². The number of sulfone groups is 1. The van der Waals surface area contributed by atoms with Crippen molar-refractivity contribution in [2.24, 2.45) is 0 Å². The molecule has 1 aromatic rings. The summed E-state index contributed by atoms with van der Waals surface area (Å²) in [6.07, 6.45) is 2.53. The first-order valence-corrected chi connectivity index (χ1v) is 8.42. The fourth-order valence-corrected chi connectivity index (χ4v) is 5.58. The number of halogens is 1. The van der Waals surface area contributed by atoms with Crippen molar-refractivity contribution < 1.29 is 18.3 Å². The van der Waals surface area contributed by atoms with Crippen LogP contribution in [0.1, 0.15) is 32.1 Å². The molecule has 1 fully saturated rings. The second kappa shape index (κ2) is 5.25. The molecule has 0 heterocycles. The first-order chi connectivity index (χ1) is 8.92. The van der Waals surface area contributed by atoms with Crippen LogP contribution in [-0.4, -0.2) is 24.2 Å². The molecule has 0 amide bonds. The van der Waals surface area contributed by atoms with Gasteiger partial charge in [0.15, 0.2) is 14.6 Å². The lowest BCUT2D eigenvalue weighted by atomic mass is 9.88. The molecule has 0 radical (unpaired) electrons. The summed E-state index contributed by atoms with van der Waals surface area (Å²) in [6, 6.07) is 6.39. The van der Waals surface area contributed by atoms with E-state index < -0.39 is 20.6 Å². The van der Waals surface area contributed by atoms with E-state index in [1.54, 1.807) is 18.2 Å². The Morgan fingerprint density at radius 3 is 2.26 bits per heavy atom. The van der Waals surface area contributed by atoms with Crippen LogP contribution in [0.4, 0.5) is 0 Å². The average molecular weight is 347 g/mol. The molecule has 0 aliphatic heterocycles. The van der Waals surface area contributed by atoms with Gasteiger partial charge in [-0.15, -0.1) is 0 Å². The molecule has 0 aromatic heterocycles. The average Bonchev–Trinajstić information content (AvgIpc) is 2.39. The zero-order valence-electron chi connectivity index (χ0n) is 10.3. The summed E-state index contributed by atoms with van der Waals surface area (Å²) in [7, 11) is -3.90. The van der Waals surface area contributed by atoms with Crippen LogP contribution >= 0.6 is 15.9 Å². The van der Waals surface area contributed by atoms with E-state index in [0.29, 0.717) is 17.3 Å². The number of carbonyl (C=O) groups is 1. The van der Waals surface area contributed by atoms with E-state index in [4.69, 9.17) is 0 Å². The van der Waals surface area contributed by atoms with Gasteiger partial charge in [-0.05, 0) is 40.9 Å². The molecular weight excluding hydrogens is 332 g/mol. The third kappa shape index (κ3) is 2.31. The van der Waals surface area contributed by atoms with Crippen molar-refractivity contribution in [3.8, 4) is 0 Å². The highest BCUT2D eigenvalue weighted by molar-refractivity contribution is 9.10. The van der Waals surface area contributed by atoms with E-state index in [2.05, 4.69) is 15.9 Å². The second-order valence-corrected chi connectivity index (χ2v) is 7.88. The summed E-state index contributed by atoms with van der Waals surface area (Å²) in [5.74, 6) is -1.23. The largest absolute Gasteiger partial charge is 0.480 e. The van der Waals surface area contributed by atoms with Gasteiger partial charge in [0.05, 0.1) is 4.90 Å². The molecule has 4 nitrogen and oxygen atoms in total. The molecule has 6 heteroatoms. The van der Waals surface area contributed by atoms with Crippen molar-refractivity contribution in [2.75, 3.05) is 0 Å². The van der Waals surface area contributed by atoms with E-state index in [1.807, 2.05) is 0 Å². The third-order valence-corrected chi connectivity index (χ3v) is 7.19. The van der Waals surface area contributed by atoms with Gasteiger partial charge in [-0.25, -0.2) is 8.42 Å². The molecule has 0 saturated heterocycles. The van der Waals surface area contributed by atoms with Crippen LogP contribution in [0.2, 0.25) is 0 Å². The van der Waals surface area contributed by atoms with Gasteiger partial charge in [0.2, 0.25) is 0 Å². The number of benzene rings is 1. The van der Waals surface area contributed by atoms with Crippen molar-refractivity contribution >= 4 is 31.7 Å². The molecule has 19 heavy (non-hydrogen) atoms. The molecule has 104 valence electrons. The van der Waals surface area contributed by atoms with E-state index in [-0.39, 0.29) is 17.7 Å². The highest BCUT2D eigenvalue weighted by Crippen LogP contribution is 2.41. The standard InChI is InChI=1S/C13H15BrO4S/c14-10-6-2-3-7-11(10)19(17,18)13(12(15)16)8-4-1-5-9-13/h2-3,6-7H,1,4-5,8-9H2,(H,15,16). The van der Waals surface area contributed by atoms with Crippen molar-refractivity contribution in [3.63, 3.8) is 0 Å². The zero-order valence-corrected chi connectivity index (χ0v) is 12.7. The minimum absolute atomic E-state index is 0.0688. The van der Waals surface area contributed by atoms with Gasteiger partial charge in [-0.3, -0.25) is 4.79 Å². The van der Waals surface area contributed by atoms with Crippen LogP contribution in [-0.2, 0) is 14.6 Å². The Labute approximate surface area is 120 Å². The number of hydrogen-bond acceptors (Lipinski definition) is 3. The molecular formula is C13H15BrO4S. The van der Waals surface area contributed by atoms with Gasteiger partial charge in [0.1, 0.15) is 0 Å². The fraction of sp³-hybridized carbons (Fsp3) is 0.462. The highest BCUT2D eigenvalue weighted by atomic mass is 79.9. The molecule has 1 aliphatic carbocycles. The molecule has 1 aliphatic rings. The predicted octanol–water partition coefficient (Wildman–Crippen LogP) is 3.01. The van der Waals surface area contributed by atoms with E-state index in [9.17, 15) is 18.3 Å². The Kier molecular flexibility index (Phi) is 4.01. The van der Waals surface area contributed by atoms with Gasteiger partial charge >= 0.3 is 5.97 Å². The molecule has 1 saturated carbocycles. The Bertz CT molecular complexity index is 588. The first-order valence-electron chi connectivity index (χ1n) is 6.14. The number of hydrogen-bond donors (Lipinski definition) is 1. The molecule has 0 atom stereocenters. The lowest BCUT2D eigenvalue weighted by Crippen LogP contribution is -2.48. The maximum atomic E-state index is 12.8. The minimum Gasteiger partial charge on any atom is -0.480 e. The highest BCUT2D eigenvalue weighted by Gasteiger charge is 2.52. The quantitative estimate of drug-likeness (QED) is 0.912.